The number of anilines is 1. The molecule has 4 aromatic carbocycles. The minimum atomic E-state index is -0.188. The molecule has 4 fully saturated rings. The maximum atomic E-state index is 16.4. The van der Waals surface area contributed by atoms with Gasteiger partial charge in [-0.2, -0.15) is 0 Å². The monoisotopic (exact) mass is 870 g/mol. The highest BCUT2D eigenvalue weighted by Gasteiger charge is 2.49. The molecule has 3 N–H and O–H groups in total. The second-order valence-corrected chi connectivity index (χ2v) is 19.4. The molecule has 1 saturated carbocycles. The smallest absolute Gasteiger partial charge is 0.255 e. The van der Waals surface area contributed by atoms with Gasteiger partial charge in [0.1, 0.15) is 28.8 Å². The van der Waals surface area contributed by atoms with E-state index in [1.165, 1.54) is 24.0 Å². The first-order valence-corrected chi connectivity index (χ1v) is 23.3. The molecule has 0 radical (unpaired) electrons. The summed E-state index contributed by atoms with van der Waals surface area (Å²) >= 11 is 0. The van der Waals surface area contributed by atoms with Gasteiger partial charge in [-0.15, -0.1) is 0 Å². The van der Waals surface area contributed by atoms with Crippen LogP contribution in [-0.2, 0) is 28.0 Å². The lowest BCUT2D eigenvalue weighted by Crippen LogP contribution is -2.51. The summed E-state index contributed by atoms with van der Waals surface area (Å²) in [5, 5.41) is 15.4. The van der Waals surface area contributed by atoms with Crippen molar-refractivity contribution in [2.45, 2.75) is 94.4 Å². The standard InChI is InChI=1S/C47H52FN3O5.C5H7NO2/c1-54-40-23-39(38(48)21-35(40)42-33(30-6-4-3-5-7-30)10-8-31-20-32(52)9-11-34(31)42)51-18-12-46(13-19-51)24-29(25-46)27-50-16-14-47(15-17-50)28-56-44-36-26-49-45(53)43(36)41(55-2)22-37(44)47;7-4-2-1-3-5(8)6-4/h3-7,9,11,20-23,29,33,42,52H,8,10,12-19,24-28H2,1-2H3,(H,49,53);1-3H2,(H,6,7,8). The van der Waals surface area contributed by atoms with Crippen LogP contribution in [0.3, 0.4) is 0 Å². The second-order valence-electron chi connectivity index (χ2n) is 19.4. The van der Waals surface area contributed by atoms with Crippen LogP contribution in [0.5, 0.6) is 23.0 Å². The number of likely N-dealkylation sites (tertiary alicyclic amines) is 1. The van der Waals surface area contributed by atoms with Gasteiger partial charge in [0.15, 0.2) is 0 Å². The zero-order valence-electron chi connectivity index (χ0n) is 37.0. The van der Waals surface area contributed by atoms with E-state index < -0.39 is 0 Å². The number of carbonyl (C=O) groups excluding carboxylic acids is 3. The molecule has 2 spiro atoms. The first-order valence-electron chi connectivity index (χ1n) is 23.3. The molecule has 11 nitrogen and oxygen atoms in total. The average Bonchev–Trinajstić information content (AvgIpc) is 3.86. The fraction of sp³-hybridized carbons (Fsp3) is 0.481. The molecule has 5 heterocycles. The predicted molar refractivity (Wildman–Crippen MR) is 241 cm³/mol. The Morgan fingerprint density at radius 1 is 0.844 bits per heavy atom. The Hall–Kier alpha value is -5.62. The molecule has 3 amide bonds. The number of phenols is 1. The topological polar surface area (TPSA) is 130 Å². The van der Waals surface area contributed by atoms with Crippen LogP contribution in [0.1, 0.15) is 120 Å². The third-order valence-electron chi connectivity index (χ3n) is 15.8. The summed E-state index contributed by atoms with van der Waals surface area (Å²) in [5.41, 5.74) is 8.16. The van der Waals surface area contributed by atoms with Crippen molar-refractivity contribution in [2.24, 2.45) is 11.3 Å². The fourth-order valence-electron chi connectivity index (χ4n) is 12.4. The number of rotatable bonds is 7. The lowest BCUT2D eigenvalue weighted by molar-refractivity contribution is -0.132. The Labute approximate surface area is 374 Å². The van der Waals surface area contributed by atoms with E-state index in [0.29, 0.717) is 60.7 Å². The Morgan fingerprint density at radius 3 is 2.27 bits per heavy atom. The van der Waals surface area contributed by atoms with E-state index in [0.717, 1.165) is 105 Å². The number of imide groups is 1. The third-order valence-corrected chi connectivity index (χ3v) is 15.8. The second kappa shape index (κ2) is 17.1. The molecule has 0 aromatic heterocycles. The Bertz CT molecular complexity index is 2440. The van der Waals surface area contributed by atoms with E-state index >= 15 is 4.39 Å². The van der Waals surface area contributed by atoms with E-state index in [1.54, 1.807) is 26.4 Å². The molecular formula is C52H59FN4O7. The number of hydrogen-bond donors (Lipinski definition) is 3. The van der Waals surface area contributed by atoms with Gasteiger partial charge in [-0.3, -0.25) is 19.7 Å². The highest BCUT2D eigenvalue weighted by atomic mass is 19.1. The number of phenolic OH excluding ortho intramolecular Hbond substituents is 1. The van der Waals surface area contributed by atoms with Gasteiger partial charge in [0.2, 0.25) is 11.8 Å². The van der Waals surface area contributed by atoms with Gasteiger partial charge in [0.05, 0.1) is 32.1 Å². The number of hydrogen-bond acceptors (Lipinski definition) is 9. The number of benzene rings is 4. The van der Waals surface area contributed by atoms with Crippen molar-refractivity contribution in [2.75, 3.05) is 58.5 Å². The van der Waals surface area contributed by atoms with E-state index in [-0.39, 0.29) is 46.5 Å². The van der Waals surface area contributed by atoms with Gasteiger partial charge >= 0.3 is 0 Å². The van der Waals surface area contributed by atoms with Crippen molar-refractivity contribution >= 4 is 23.4 Å². The fourth-order valence-corrected chi connectivity index (χ4v) is 12.4. The van der Waals surface area contributed by atoms with Crippen molar-refractivity contribution in [1.82, 2.24) is 15.5 Å². The maximum Gasteiger partial charge on any atom is 0.255 e. The van der Waals surface area contributed by atoms with Crippen LogP contribution in [0.25, 0.3) is 0 Å². The Morgan fingerprint density at radius 2 is 1.58 bits per heavy atom. The predicted octanol–water partition coefficient (Wildman–Crippen LogP) is 7.89. The molecule has 2 unspecified atom stereocenters. The number of aromatic hydroxyl groups is 1. The molecule has 7 aliphatic rings. The summed E-state index contributed by atoms with van der Waals surface area (Å²) < 4.78 is 34.5. The van der Waals surface area contributed by atoms with E-state index in [9.17, 15) is 19.5 Å². The molecule has 3 saturated heterocycles. The Kier molecular flexibility index (Phi) is 11.3. The van der Waals surface area contributed by atoms with Crippen LogP contribution >= 0.6 is 0 Å². The van der Waals surface area contributed by atoms with Crippen molar-refractivity contribution in [1.29, 1.82) is 0 Å². The highest BCUT2D eigenvalue weighted by Crippen LogP contribution is 2.56. The lowest BCUT2D eigenvalue weighted by atomic mass is 9.57. The van der Waals surface area contributed by atoms with E-state index in [4.69, 9.17) is 14.2 Å². The number of nitrogens with zero attached hydrogens (tertiary/aromatic N) is 2. The molecule has 64 heavy (non-hydrogen) atoms. The van der Waals surface area contributed by atoms with Crippen LogP contribution in [0, 0.1) is 17.2 Å². The van der Waals surface area contributed by atoms with Gasteiger partial charge in [-0.1, -0.05) is 36.4 Å². The number of piperidine rings is 3. The largest absolute Gasteiger partial charge is 0.508 e. The van der Waals surface area contributed by atoms with Crippen molar-refractivity contribution in [3.63, 3.8) is 0 Å². The van der Waals surface area contributed by atoms with Crippen LogP contribution in [-0.4, -0.2) is 81.3 Å². The zero-order valence-corrected chi connectivity index (χ0v) is 37.0. The summed E-state index contributed by atoms with van der Waals surface area (Å²) in [6.45, 7) is 6.13. The SMILES string of the molecule is COc1cc(N2CCC3(CC2)CC(CN2CCC4(CC2)COc2c4cc(OC)c4c2CNC4=O)C3)c(F)cc1C1c2ccc(O)cc2CCC1c1ccccc1.O=C1CCCC(=O)N1. The van der Waals surface area contributed by atoms with Gasteiger partial charge in [-0.05, 0) is 129 Å². The molecule has 4 aromatic rings. The maximum absolute atomic E-state index is 16.4. The van der Waals surface area contributed by atoms with Crippen LogP contribution in [0.15, 0.2) is 66.7 Å². The number of fused-ring (bicyclic) bond motifs is 5. The minimum Gasteiger partial charge on any atom is -0.508 e. The number of aryl methyl sites for hydroxylation is 1. The molecule has 12 heteroatoms. The van der Waals surface area contributed by atoms with E-state index in [1.807, 2.05) is 24.3 Å². The first kappa shape index (κ1) is 42.3. The normalized spacial score (nSPS) is 23.2. The summed E-state index contributed by atoms with van der Waals surface area (Å²) in [7, 11) is 3.34. The van der Waals surface area contributed by atoms with Gasteiger partial charge < -0.3 is 34.4 Å². The van der Waals surface area contributed by atoms with Crippen LogP contribution in [0.4, 0.5) is 10.1 Å². The third kappa shape index (κ3) is 7.75. The number of halogens is 1. The molecule has 5 aliphatic heterocycles. The Balaban J connectivity index is 0.000000549. The zero-order chi connectivity index (χ0) is 44.2. The summed E-state index contributed by atoms with van der Waals surface area (Å²) in [6, 6.07) is 21.9. The number of carbonyl (C=O) groups is 3. The van der Waals surface area contributed by atoms with Crippen LogP contribution in [0.2, 0.25) is 0 Å². The van der Waals surface area contributed by atoms with Gasteiger partial charge in [0.25, 0.3) is 5.91 Å². The summed E-state index contributed by atoms with van der Waals surface area (Å²) in [4.78, 5) is 38.1. The van der Waals surface area contributed by atoms with Crippen molar-refractivity contribution < 1.29 is 38.1 Å². The van der Waals surface area contributed by atoms with Crippen molar-refractivity contribution in [3.05, 3.63) is 111 Å². The van der Waals surface area contributed by atoms with Crippen LogP contribution < -0.4 is 29.7 Å². The molecule has 0 bridgehead atoms. The molecule has 2 atom stereocenters. The highest BCUT2D eigenvalue weighted by molar-refractivity contribution is 6.02. The quantitative estimate of drug-likeness (QED) is 0.159. The van der Waals surface area contributed by atoms with Crippen molar-refractivity contribution in [3.8, 4) is 23.0 Å². The van der Waals surface area contributed by atoms with Gasteiger partial charge in [-0.25, -0.2) is 4.39 Å². The molecule has 2 aliphatic carbocycles. The van der Waals surface area contributed by atoms with Gasteiger partial charge in [0, 0.05) is 73.1 Å². The average molecular weight is 871 g/mol. The minimum absolute atomic E-state index is 0.0158. The first-order chi connectivity index (χ1) is 31.1. The molecule has 11 rings (SSSR count). The number of ether oxygens (including phenoxy) is 3. The number of nitrogens with one attached hydrogen (secondary N) is 2. The molecule has 336 valence electrons. The summed E-state index contributed by atoms with van der Waals surface area (Å²) in [5.74, 6) is 2.81. The molecular weight excluding hydrogens is 812 g/mol. The summed E-state index contributed by atoms with van der Waals surface area (Å²) in [6.07, 6.45) is 10.3. The lowest BCUT2D eigenvalue weighted by Gasteiger charge is -2.54. The van der Waals surface area contributed by atoms with E-state index in [2.05, 4.69) is 50.8 Å². The number of amides is 3. The number of methoxy groups -OCH3 is 2.